The van der Waals surface area contributed by atoms with Gasteiger partial charge in [0.25, 0.3) is 0 Å². The minimum absolute atomic E-state index is 0.527. The average molecular weight is 277 g/mol. The fourth-order valence-corrected chi connectivity index (χ4v) is 1.74. The van der Waals surface area contributed by atoms with E-state index < -0.39 is 27.1 Å². The van der Waals surface area contributed by atoms with Crippen molar-refractivity contribution in [3.63, 3.8) is 0 Å². The van der Waals surface area contributed by atoms with E-state index in [9.17, 15) is 17.6 Å². The number of alkyl halides is 3. The topological polar surface area (TPSA) is 0 Å². The predicted octanol–water partition coefficient (Wildman–Crippen LogP) is 4.26. The Labute approximate surface area is 84.6 Å². The number of hydrogen-bond acceptors (Lipinski definition) is 0. The van der Waals surface area contributed by atoms with Crippen LogP contribution in [0.1, 0.15) is 5.56 Å². The van der Waals surface area contributed by atoms with Crippen molar-refractivity contribution in [2.45, 2.75) is 6.18 Å². The molecular formula is C7H2BrClF4. The van der Waals surface area contributed by atoms with E-state index in [0.29, 0.717) is 0 Å². The van der Waals surface area contributed by atoms with Gasteiger partial charge >= 0.3 is 6.18 Å². The molecule has 1 aromatic rings. The molecule has 0 saturated carbocycles. The third-order valence-corrected chi connectivity index (χ3v) is 2.42. The molecule has 13 heavy (non-hydrogen) atoms. The summed E-state index contributed by atoms with van der Waals surface area (Å²) in [5.74, 6) is -0.989. The Hall–Kier alpha value is -0.290. The second-order valence-corrected chi connectivity index (χ2v) is 3.42. The first-order valence-electron chi connectivity index (χ1n) is 3.04. The molecule has 0 fully saturated rings. The molecule has 0 radical (unpaired) electrons. The quantitative estimate of drug-likeness (QED) is 0.491. The summed E-state index contributed by atoms with van der Waals surface area (Å²) in [6, 6.07) is 1.73. The molecule has 0 aliphatic rings. The Balaban J connectivity index is 3.43. The minimum Gasteiger partial charge on any atom is -0.206 e. The summed E-state index contributed by atoms with van der Waals surface area (Å²) in [4.78, 5) is 0. The van der Waals surface area contributed by atoms with Crippen molar-refractivity contribution < 1.29 is 17.6 Å². The molecule has 6 heteroatoms. The predicted molar refractivity (Wildman–Crippen MR) is 44.1 cm³/mol. The average Bonchev–Trinajstić information content (AvgIpc) is 1.95. The summed E-state index contributed by atoms with van der Waals surface area (Å²) in [7, 11) is 0. The van der Waals surface area contributed by atoms with Crippen LogP contribution >= 0.6 is 27.5 Å². The molecule has 0 N–H and O–H groups in total. The van der Waals surface area contributed by atoms with Gasteiger partial charge in [0, 0.05) is 0 Å². The largest absolute Gasteiger partial charge is 0.419 e. The van der Waals surface area contributed by atoms with Gasteiger partial charge in [-0.05, 0) is 28.1 Å². The maximum atomic E-state index is 12.7. The van der Waals surface area contributed by atoms with Crippen LogP contribution in [-0.4, -0.2) is 0 Å². The van der Waals surface area contributed by atoms with Crippen LogP contribution in [0.4, 0.5) is 17.6 Å². The molecule has 0 aromatic heterocycles. The molecule has 0 amide bonds. The highest BCUT2D eigenvalue weighted by molar-refractivity contribution is 9.10. The van der Waals surface area contributed by atoms with Crippen molar-refractivity contribution >= 4 is 27.5 Å². The van der Waals surface area contributed by atoms with Crippen molar-refractivity contribution in [1.29, 1.82) is 0 Å². The van der Waals surface area contributed by atoms with E-state index in [2.05, 4.69) is 15.9 Å². The molecule has 1 aromatic carbocycles. The summed E-state index contributed by atoms with van der Waals surface area (Å²) in [5.41, 5.74) is -1.19. The zero-order chi connectivity index (χ0) is 10.2. The van der Waals surface area contributed by atoms with Gasteiger partial charge < -0.3 is 0 Å². The summed E-state index contributed by atoms with van der Waals surface area (Å²) in [5, 5.41) is -0.527. The van der Waals surface area contributed by atoms with Crippen LogP contribution in [0.3, 0.4) is 0 Å². The van der Waals surface area contributed by atoms with Gasteiger partial charge in [-0.3, -0.25) is 0 Å². The maximum absolute atomic E-state index is 12.7. The van der Waals surface area contributed by atoms with E-state index in [1.165, 1.54) is 0 Å². The number of rotatable bonds is 0. The second kappa shape index (κ2) is 3.46. The summed E-state index contributed by atoms with van der Waals surface area (Å²) in [6.07, 6.45) is -4.65. The summed E-state index contributed by atoms with van der Waals surface area (Å²) in [6.45, 7) is 0. The van der Waals surface area contributed by atoms with Gasteiger partial charge in [0.05, 0.1) is 15.1 Å². The maximum Gasteiger partial charge on any atom is 0.419 e. The summed E-state index contributed by atoms with van der Waals surface area (Å²) >= 11 is 7.76. The van der Waals surface area contributed by atoms with Crippen molar-refractivity contribution in [2.24, 2.45) is 0 Å². The number of hydrogen-bond donors (Lipinski definition) is 0. The van der Waals surface area contributed by atoms with E-state index >= 15 is 0 Å². The van der Waals surface area contributed by atoms with Gasteiger partial charge in [-0.25, -0.2) is 4.39 Å². The molecule has 0 heterocycles. The Morgan fingerprint density at radius 3 is 2.15 bits per heavy atom. The monoisotopic (exact) mass is 276 g/mol. The fourth-order valence-electron chi connectivity index (χ4n) is 0.787. The van der Waals surface area contributed by atoms with Crippen LogP contribution < -0.4 is 0 Å². The molecule has 0 spiro atoms. The molecule has 0 saturated heterocycles. The fraction of sp³-hybridized carbons (Fsp3) is 0.143. The van der Waals surface area contributed by atoms with Gasteiger partial charge in [0.1, 0.15) is 5.82 Å². The number of benzene rings is 1. The highest BCUT2D eigenvalue weighted by Crippen LogP contribution is 2.40. The van der Waals surface area contributed by atoms with E-state index in [4.69, 9.17) is 11.6 Å². The third-order valence-electron chi connectivity index (χ3n) is 1.33. The van der Waals surface area contributed by atoms with E-state index in [1.54, 1.807) is 0 Å². The lowest BCUT2D eigenvalue weighted by Crippen LogP contribution is -2.08. The van der Waals surface area contributed by atoms with E-state index in [0.717, 1.165) is 12.1 Å². The van der Waals surface area contributed by atoms with Crippen LogP contribution in [0.5, 0.6) is 0 Å². The van der Waals surface area contributed by atoms with Gasteiger partial charge in [-0.2, -0.15) is 13.2 Å². The van der Waals surface area contributed by atoms with Crippen molar-refractivity contribution in [2.75, 3.05) is 0 Å². The minimum atomic E-state index is -4.65. The molecule has 0 bridgehead atoms. The normalized spacial score (nSPS) is 11.8. The second-order valence-electron chi connectivity index (χ2n) is 2.22. The Morgan fingerprint density at radius 1 is 1.23 bits per heavy atom. The number of halogens is 6. The van der Waals surface area contributed by atoms with Crippen LogP contribution in [0, 0.1) is 5.82 Å². The Bertz CT molecular complexity index is 334. The molecule has 1 rings (SSSR count). The molecule has 0 atom stereocenters. The van der Waals surface area contributed by atoms with Crippen molar-refractivity contribution in [1.82, 2.24) is 0 Å². The Kier molecular flexibility index (Phi) is 2.87. The lowest BCUT2D eigenvalue weighted by Gasteiger charge is -2.10. The van der Waals surface area contributed by atoms with Crippen molar-refractivity contribution in [3.8, 4) is 0 Å². The van der Waals surface area contributed by atoms with E-state index in [1.807, 2.05) is 0 Å². The van der Waals surface area contributed by atoms with Gasteiger partial charge in [0.15, 0.2) is 0 Å². The van der Waals surface area contributed by atoms with E-state index in [-0.39, 0.29) is 0 Å². The van der Waals surface area contributed by atoms with Gasteiger partial charge in [0.2, 0.25) is 0 Å². The SMILES string of the molecule is Fc1ccc(Cl)c(C(F)(F)F)c1Br. The van der Waals surface area contributed by atoms with Crippen LogP contribution in [0.2, 0.25) is 5.02 Å². The van der Waals surface area contributed by atoms with Crippen LogP contribution in [-0.2, 0) is 6.18 Å². The van der Waals surface area contributed by atoms with Crippen LogP contribution in [0.15, 0.2) is 16.6 Å². The molecule has 0 unspecified atom stereocenters. The molecule has 0 aliphatic carbocycles. The first-order valence-corrected chi connectivity index (χ1v) is 4.22. The smallest absolute Gasteiger partial charge is 0.206 e. The Morgan fingerprint density at radius 2 is 1.77 bits per heavy atom. The zero-order valence-corrected chi connectivity index (χ0v) is 8.26. The van der Waals surface area contributed by atoms with Gasteiger partial charge in [-0.1, -0.05) is 11.6 Å². The first-order chi connectivity index (χ1) is 5.84. The summed E-state index contributed by atoms with van der Waals surface area (Å²) < 4.78 is 48.6. The lowest BCUT2D eigenvalue weighted by atomic mass is 10.2. The highest BCUT2D eigenvalue weighted by atomic mass is 79.9. The standard InChI is InChI=1S/C7H2BrClF4/c8-6-4(10)2-1-3(9)5(6)7(11,12)13/h1-2H. The molecule has 0 aliphatic heterocycles. The molecule has 72 valence electrons. The van der Waals surface area contributed by atoms with Crippen LogP contribution in [0.25, 0.3) is 0 Å². The van der Waals surface area contributed by atoms with Gasteiger partial charge in [-0.15, -0.1) is 0 Å². The molecular weight excluding hydrogens is 275 g/mol. The molecule has 0 nitrogen and oxygen atoms in total. The highest BCUT2D eigenvalue weighted by Gasteiger charge is 2.36. The lowest BCUT2D eigenvalue weighted by molar-refractivity contribution is -0.138. The zero-order valence-electron chi connectivity index (χ0n) is 5.92. The first kappa shape index (κ1) is 10.8. The third kappa shape index (κ3) is 2.14. The van der Waals surface area contributed by atoms with Crippen molar-refractivity contribution in [3.05, 3.63) is 33.0 Å².